The highest BCUT2D eigenvalue weighted by Gasteiger charge is 2.27. The molecule has 1 amide bonds. The van der Waals surface area contributed by atoms with E-state index in [1.165, 1.54) is 11.1 Å². The number of amides is 1. The van der Waals surface area contributed by atoms with Gasteiger partial charge in [-0.15, -0.1) is 0 Å². The third kappa shape index (κ3) is 4.73. The Kier molecular flexibility index (Phi) is 5.12. The molecule has 1 aliphatic rings. The number of aryl methyl sites for hydroxylation is 1. The number of carbonyl (C=O) groups excluding carboxylic acids is 1. The third-order valence-corrected chi connectivity index (χ3v) is 4.22. The van der Waals surface area contributed by atoms with Gasteiger partial charge in [0, 0.05) is 23.7 Å². The fraction of sp³-hybridized carbons (Fsp3) is 0.611. The van der Waals surface area contributed by atoms with Gasteiger partial charge in [-0.3, -0.25) is 9.69 Å². The number of hydrogen-bond donors (Lipinski definition) is 2. The number of piperidine rings is 1. The molecule has 0 spiro atoms. The van der Waals surface area contributed by atoms with Crippen LogP contribution in [0, 0.1) is 12.8 Å². The van der Waals surface area contributed by atoms with Crippen LogP contribution in [-0.4, -0.2) is 29.4 Å². The zero-order valence-electron chi connectivity index (χ0n) is 14.3. The van der Waals surface area contributed by atoms with E-state index in [0.29, 0.717) is 0 Å². The summed E-state index contributed by atoms with van der Waals surface area (Å²) in [5.74, 6) is 0.352. The van der Waals surface area contributed by atoms with Gasteiger partial charge in [-0.25, -0.2) is 0 Å². The van der Waals surface area contributed by atoms with Gasteiger partial charge < -0.3 is 11.1 Å². The van der Waals surface area contributed by atoms with Gasteiger partial charge in [0.05, 0.1) is 0 Å². The maximum atomic E-state index is 12.2. The van der Waals surface area contributed by atoms with Gasteiger partial charge >= 0.3 is 0 Å². The molecule has 122 valence electrons. The van der Waals surface area contributed by atoms with E-state index in [0.717, 1.165) is 38.2 Å². The third-order valence-electron chi connectivity index (χ3n) is 4.22. The molecule has 3 N–H and O–H groups in total. The van der Waals surface area contributed by atoms with Crippen molar-refractivity contribution in [3.8, 4) is 0 Å². The number of benzene rings is 1. The number of nitrogen functional groups attached to an aromatic ring is 1. The summed E-state index contributed by atoms with van der Waals surface area (Å²) in [7, 11) is 0. The smallest absolute Gasteiger partial charge is 0.223 e. The summed E-state index contributed by atoms with van der Waals surface area (Å²) in [5, 5.41) is 3.10. The Morgan fingerprint density at radius 3 is 2.55 bits per heavy atom. The molecular formula is C18H29N3O. The van der Waals surface area contributed by atoms with Gasteiger partial charge in [0.15, 0.2) is 0 Å². The molecule has 22 heavy (non-hydrogen) atoms. The van der Waals surface area contributed by atoms with Crippen LogP contribution < -0.4 is 11.1 Å². The van der Waals surface area contributed by atoms with Gasteiger partial charge in [0.25, 0.3) is 0 Å². The second-order valence-corrected chi connectivity index (χ2v) is 7.48. The van der Waals surface area contributed by atoms with Gasteiger partial charge in [-0.05, 0) is 76.9 Å². The molecular weight excluding hydrogens is 274 g/mol. The molecule has 4 nitrogen and oxygen atoms in total. The van der Waals surface area contributed by atoms with Crippen LogP contribution in [-0.2, 0) is 11.3 Å². The Morgan fingerprint density at radius 2 is 1.95 bits per heavy atom. The molecule has 0 aliphatic carbocycles. The highest BCUT2D eigenvalue weighted by atomic mass is 16.2. The van der Waals surface area contributed by atoms with Crippen LogP contribution >= 0.6 is 0 Å². The van der Waals surface area contributed by atoms with Crippen LogP contribution in [0.1, 0.15) is 44.7 Å². The molecule has 1 fully saturated rings. The van der Waals surface area contributed by atoms with E-state index in [9.17, 15) is 4.79 Å². The Labute approximate surface area is 134 Å². The number of nitrogens with zero attached hydrogens (tertiary/aromatic N) is 1. The largest absolute Gasteiger partial charge is 0.399 e. The lowest BCUT2D eigenvalue weighted by Gasteiger charge is -2.33. The minimum atomic E-state index is -0.146. The highest BCUT2D eigenvalue weighted by molar-refractivity contribution is 5.79. The van der Waals surface area contributed by atoms with E-state index in [1.807, 2.05) is 26.8 Å². The van der Waals surface area contributed by atoms with Crippen molar-refractivity contribution in [1.29, 1.82) is 0 Å². The summed E-state index contributed by atoms with van der Waals surface area (Å²) in [6.45, 7) is 11.1. The number of likely N-dealkylation sites (tertiary alicyclic amines) is 1. The van der Waals surface area contributed by atoms with Crippen molar-refractivity contribution in [3.63, 3.8) is 0 Å². The maximum Gasteiger partial charge on any atom is 0.223 e. The van der Waals surface area contributed by atoms with Gasteiger partial charge in [-0.1, -0.05) is 6.07 Å². The predicted octanol–water partition coefficient (Wildman–Crippen LogP) is 2.70. The molecule has 0 unspecified atom stereocenters. The summed E-state index contributed by atoms with van der Waals surface area (Å²) < 4.78 is 0. The number of nitrogens with two attached hydrogens (primary N) is 1. The first-order valence-corrected chi connectivity index (χ1v) is 8.14. The van der Waals surface area contributed by atoms with Gasteiger partial charge in [0.1, 0.15) is 0 Å². The van der Waals surface area contributed by atoms with E-state index in [-0.39, 0.29) is 17.4 Å². The van der Waals surface area contributed by atoms with Crippen molar-refractivity contribution in [3.05, 3.63) is 29.3 Å². The van der Waals surface area contributed by atoms with E-state index >= 15 is 0 Å². The minimum Gasteiger partial charge on any atom is -0.399 e. The van der Waals surface area contributed by atoms with E-state index in [2.05, 4.69) is 29.3 Å². The van der Waals surface area contributed by atoms with E-state index < -0.39 is 0 Å². The van der Waals surface area contributed by atoms with Crippen LogP contribution in [0.5, 0.6) is 0 Å². The van der Waals surface area contributed by atoms with E-state index in [1.54, 1.807) is 0 Å². The molecule has 1 aromatic rings. The van der Waals surface area contributed by atoms with Crippen LogP contribution in [0.3, 0.4) is 0 Å². The lowest BCUT2D eigenvalue weighted by Crippen LogP contribution is -2.46. The zero-order chi connectivity index (χ0) is 16.3. The van der Waals surface area contributed by atoms with Crippen molar-refractivity contribution < 1.29 is 4.79 Å². The van der Waals surface area contributed by atoms with Crippen LogP contribution in [0.15, 0.2) is 18.2 Å². The molecule has 4 heteroatoms. The SMILES string of the molecule is Cc1ccc(N)cc1CN1CCC(C(=O)NC(C)(C)C)CC1. The number of rotatable bonds is 3. The highest BCUT2D eigenvalue weighted by Crippen LogP contribution is 2.22. The molecule has 1 aliphatic heterocycles. The second-order valence-electron chi connectivity index (χ2n) is 7.48. The summed E-state index contributed by atoms with van der Waals surface area (Å²) >= 11 is 0. The average molecular weight is 303 g/mol. The first-order valence-electron chi connectivity index (χ1n) is 8.14. The molecule has 0 bridgehead atoms. The average Bonchev–Trinajstić information content (AvgIpc) is 2.42. The van der Waals surface area contributed by atoms with Crippen molar-refractivity contribution in [2.75, 3.05) is 18.8 Å². The molecule has 1 aromatic carbocycles. The molecule has 0 saturated carbocycles. The van der Waals surface area contributed by atoms with Crippen molar-refractivity contribution in [2.45, 2.75) is 52.6 Å². The Morgan fingerprint density at radius 1 is 1.32 bits per heavy atom. The standard InChI is InChI=1S/C18H29N3O/c1-13-5-6-16(19)11-15(13)12-21-9-7-14(8-10-21)17(22)20-18(2,3)4/h5-6,11,14H,7-10,12,19H2,1-4H3,(H,20,22). The molecule has 0 atom stereocenters. The fourth-order valence-corrected chi connectivity index (χ4v) is 2.93. The summed E-state index contributed by atoms with van der Waals surface area (Å²) in [6, 6.07) is 6.09. The number of hydrogen-bond acceptors (Lipinski definition) is 3. The molecule has 1 saturated heterocycles. The number of nitrogens with one attached hydrogen (secondary N) is 1. The molecule has 1 heterocycles. The first-order chi connectivity index (χ1) is 10.2. The maximum absolute atomic E-state index is 12.2. The molecule has 0 radical (unpaired) electrons. The quantitative estimate of drug-likeness (QED) is 0.844. The lowest BCUT2D eigenvalue weighted by molar-refractivity contribution is -0.127. The van der Waals surface area contributed by atoms with Crippen molar-refractivity contribution in [1.82, 2.24) is 10.2 Å². The normalized spacial score (nSPS) is 17.5. The summed E-state index contributed by atoms with van der Waals surface area (Å²) in [6.07, 6.45) is 1.87. The Hall–Kier alpha value is -1.55. The van der Waals surface area contributed by atoms with Gasteiger partial charge in [0.2, 0.25) is 5.91 Å². The monoisotopic (exact) mass is 303 g/mol. The zero-order valence-corrected chi connectivity index (χ0v) is 14.3. The fourth-order valence-electron chi connectivity index (χ4n) is 2.93. The summed E-state index contributed by atoms with van der Waals surface area (Å²) in [4.78, 5) is 14.7. The van der Waals surface area contributed by atoms with Crippen molar-refractivity contribution in [2.24, 2.45) is 5.92 Å². The topological polar surface area (TPSA) is 58.4 Å². The van der Waals surface area contributed by atoms with E-state index in [4.69, 9.17) is 5.73 Å². The predicted molar refractivity (Wildman–Crippen MR) is 91.5 cm³/mol. The lowest BCUT2D eigenvalue weighted by atomic mass is 9.94. The van der Waals surface area contributed by atoms with Crippen LogP contribution in [0.25, 0.3) is 0 Å². The number of carbonyl (C=O) groups is 1. The summed E-state index contributed by atoms with van der Waals surface area (Å²) in [5.41, 5.74) is 9.12. The van der Waals surface area contributed by atoms with Gasteiger partial charge in [-0.2, -0.15) is 0 Å². The Bertz CT molecular complexity index is 526. The number of anilines is 1. The van der Waals surface area contributed by atoms with Crippen molar-refractivity contribution >= 4 is 11.6 Å². The minimum absolute atomic E-state index is 0.146. The van der Waals surface area contributed by atoms with Crippen LogP contribution in [0.4, 0.5) is 5.69 Å². The van der Waals surface area contributed by atoms with Crippen LogP contribution in [0.2, 0.25) is 0 Å². The first kappa shape index (κ1) is 16.8. The molecule has 2 rings (SSSR count). The Balaban J connectivity index is 1.87. The molecule has 0 aromatic heterocycles. The second kappa shape index (κ2) is 6.69.